The molecule has 1 unspecified atom stereocenters. The molecule has 0 aromatic heterocycles. The largest absolute Gasteiger partial charge is 0.393 e. The Labute approximate surface area is 48.7 Å². The van der Waals surface area contributed by atoms with Gasteiger partial charge in [0.2, 0.25) is 5.91 Å². The zero-order valence-electron chi connectivity index (χ0n) is 5.01. The smallest absolute Gasteiger partial charge is 0.226 e. The van der Waals surface area contributed by atoms with Gasteiger partial charge < -0.3 is 10.4 Å². The molecule has 0 aliphatic heterocycles. The lowest BCUT2D eigenvalue weighted by molar-refractivity contribution is -0.118. The van der Waals surface area contributed by atoms with Crippen LogP contribution in [0.25, 0.3) is 0 Å². The van der Waals surface area contributed by atoms with Crippen LogP contribution < -0.4 is 5.32 Å². The number of hydrogen-bond acceptors (Lipinski definition) is 2. The summed E-state index contributed by atoms with van der Waals surface area (Å²) in [4.78, 5) is 10.3. The lowest BCUT2D eigenvalue weighted by atomic mass is 10.3. The summed E-state index contributed by atoms with van der Waals surface area (Å²) >= 11 is 0. The Morgan fingerprint density at radius 1 is 1.88 bits per heavy atom. The molecular weight excluding hydrogens is 106 g/mol. The van der Waals surface area contributed by atoms with Gasteiger partial charge in [-0.3, -0.25) is 4.79 Å². The zero-order chi connectivity index (χ0) is 6.57. The fourth-order valence-corrected chi connectivity index (χ4v) is 0.302. The van der Waals surface area contributed by atoms with Gasteiger partial charge in [-0.15, -0.1) is 0 Å². The topological polar surface area (TPSA) is 49.3 Å². The van der Waals surface area contributed by atoms with E-state index in [0.717, 1.165) is 0 Å². The van der Waals surface area contributed by atoms with Gasteiger partial charge in [0.15, 0.2) is 0 Å². The van der Waals surface area contributed by atoms with Gasteiger partial charge in [0, 0.05) is 7.05 Å². The van der Waals surface area contributed by atoms with Gasteiger partial charge in [0.1, 0.15) is 0 Å². The van der Waals surface area contributed by atoms with E-state index in [2.05, 4.69) is 5.32 Å². The Bertz CT molecular complexity index is 80.5. The first-order chi connectivity index (χ1) is 3.66. The van der Waals surface area contributed by atoms with Crippen molar-refractivity contribution in [3.8, 4) is 0 Å². The monoisotopic (exact) mass is 116 g/mol. The molecule has 0 fully saturated rings. The maximum Gasteiger partial charge on any atom is 0.226 e. The molecule has 0 aliphatic rings. The molecular formula is C5H10NO2. The van der Waals surface area contributed by atoms with E-state index in [4.69, 9.17) is 5.11 Å². The van der Waals surface area contributed by atoms with Gasteiger partial charge in [0.25, 0.3) is 0 Å². The second kappa shape index (κ2) is 3.43. The first-order valence-electron chi connectivity index (χ1n) is 2.41. The highest BCUT2D eigenvalue weighted by Gasteiger charge is 2.01. The number of aliphatic hydroxyl groups excluding tert-OH is 1. The molecule has 0 aliphatic carbocycles. The number of hydrogen-bond donors (Lipinski definition) is 2. The first kappa shape index (κ1) is 7.43. The van der Waals surface area contributed by atoms with Crippen molar-refractivity contribution in [1.29, 1.82) is 0 Å². The molecule has 0 rings (SSSR count). The minimum atomic E-state index is -0.657. The predicted octanol–water partition coefficient (Wildman–Crippen LogP) is -0.683. The van der Waals surface area contributed by atoms with Crippen molar-refractivity contribution in [2.45, 2.75) is 13.0 Å². The fourth-order valence-electron chi connectivity index (χ4n) is 0.302. The van der Waals surface area contributed by atoms with E-state index in [1.165, 1.54) is 20.4 Å². The summed E-state index contributed by atoms with van der Waals surface area (Å²) in [5, 5.41) is 10.9. The summed E-state index contributed by atoms with van der Waals surface area (Å²) in [6.45, 7) is 1.52. The summed E-state index contributed by atoms with van der Waals surface area (Å²) in [6.07, 6.45) is 0.537. The van der Waals surface area contributed by atoms with Gasteiger partial charge in [-0.25, -0.2) is 0 Å². The summed E-state index contributed by atoms with van der Waals surface area (Å²) in [7, 11) is 1.52. The van der Waals surface area contributed by atoms with Crippen molar-refractivity contribution in [3.63, 3.8) is 0 Å². The van der Waals surface area contributed by atoms with E-state index < -0.39 is 6.10 Å². The molecule has 1 radical (unpaired) electrons. The van der Waals surface area contributed by atoms with E-state index in [1.807, 2.05) is 0 Å². The highest BCUT2D eigenvalue weighted by Crippen LogP contribution is 1.84. The van der Waals surface area contributed by atoms with Crippen molar-refractivity contribution in [2.24, 2.45) is 0 Å². The molecule has 1 atom stereocenters. The minimum absolute atomic E-state index is 0.250. The highest BCUT2D eigenvalue weighted by molar-refractivity contribution is 5.84. The van der Waals surface area contributed by atoms with Crippen molar-refractivity contribution >= 4 is 5.91 Å². The maximum atomic E-state index is 10.3. The van der Waals surface area contributed by atoms with Crippen molar-refractivity contribution in [3.05, 3.63) is 6.42 Å². The van der Waals surface area contributed by atoms with E-state index >= 15 is 0 Å². The molecule has 0 aromatic rings. The second-order valence-corrected chi connectivity index (χ2v) is 1.52. The molecule has 0 saturated carbocycles. The Hall–Kier alpha value is -0.570. The molecule has 1 amide bonds. The molecule has 8 heavy (non-hydrogen) atoms. The molecule has 0 bridgehead atoms. The molecule has 0 aromatic carbocycles. The molecule has 0 spiro atoms. The summed E-state index contributed by atoms with van der Waals surface area (Å²) in [5.41, 5.74) is 0. The lowest BCUT2D eigenvalue weighted by Gasteiger charge is -1.99. The Balaban J connectivity index is 3.25. The van der Waals surface area contributed by atoms with Crippen LogP contribution >= 0.6 is 0 Å². The summed E-state index contributed by atoms with van der Waals surface area (Å²) in [5.74, 6) is -0.250. The van der Waals surface area contributed by atoms with Crippen LogP contribution in [-0.2, 0) is 4.79 Å². The van der Waals surface area contributed by atoms with Crippen LogP contribution in [0.4, 0.5) is 0 Å². The van der Waals surface area contributed by atoms with E-state index in [9.17, 15) is 4.79 Å². The van der Waals surface area contributed by atoms with Gasteiger partial charge >= 0.3 is 0 Å². The SMILES string of the molecule is CNC(=O)[CH]C(C)O. The zero-order valence-corrected chi connectivity index (χ0v) is 5.01. The number of rotatable bonds is 2. The highest BCUT2D eigenvalue weighted by atomic mass is 16.3. The molecule has 3 heteroatoms. The van der Waals surface area contributed by atoms with Crippen LogP contribution in [0.3, 0.4) is 0 Å². The number of nitrogens with one attached hydrogen (secondary N) is 1. The maximum absolute atomic E-state index is 10.3. The van der Waals surface area contributed by atoms with Gasteiger partial charge in [-0.05, 0) is 6.92 Å². The number of carbonyl (C=O) groups excluding carboxylic acids is 1. The Morgan fingerprint density at radius 3 is 2.50 bits per heavy atom. The third kappa shape index (κ3) is 3.61. The fraction of sp³-hybridized carbons (Fsp3) is 0.600. The molecule has 0 heterocycles. The van der Waals surface area contributed by atoms with E-state index in [-0.39, 0.29) is 5.91 Å². The van der Waals surface area contributed by atoms with Crippen molar-refractivity contribution < 1.29 is 9.90 Å². The van der Waals surface area contributed by atoms with Crippen LogP contribution in [0.2, 0.25) is 0 Å². The van der Waals surface area contributed by atoms with Crippen LogP contribution in [0.15, 0.2) is 0 Å². The van der Waals surface area contributed by atoms with Crippen molar-refractivity contribution in [1.82, 2.24) is 5.32 Å². The molecule has 47 valence electrons. The van der Waals surface area contributed by atoms with Crippen LogP contribution in [-0.4, -0.2) is 24.2 Å². The number of aliphatic hydroxyl groups is 1. The normalized spacial score (nSPS) is 12.9. The van der Waals surface area contributed by atoms with Crippen molar-refractivity contribution in [2.75, 3.05) is 7.05 Å². The van der Waals surface area contributed by atoms with E-state index in [1.54, 1.807) is 0 Å². The average Bonchev–Trinajstić information content (AvgIpc) is 1.65. The summed E-state index contributed by atoms with van der Waals surface area (Å²) < 4.78 is 0. The first-order valence-corrected chi connectivity index (χ1v) is 2.41. The average molecular weight is 116 g/mol. The van der Waals surface area contributed by atoms with Crippen LogP contribution in [0.5, 0.6) is 0 Å². The second-order valence-electron chi connectivity index (χ2n) is 1.52. The minimum Gasteiger partial charge on any atom is -0.393 e. The van der Waals surface area contributed by atoms with Crippen LogP contribution in [0.1, 0.15) is 6.92 Å². The number of amides is 1. The summed E-state index contributed by atoms with van der Waals surface area (Å²) in [6, 6.07) is 0. The van der Waals surface area contributed by atoms with Gasteiger partial charge in [-0.1, -0.05) is 0 Å². The lowest BCUT2D eigenvalue weighted by Crippen LogP contribution is -2.22. The predicted molar refractivity (Wildman–Crippen MR) is 30.0 cm³/mol. The Kier molecular flexibility index (Phi) is 3.19. The van der Waals surface area contributed by atoms with Gasteiger partial charge in [-0.2, -0.15) is 0 Å². The third-order valence-electron chi connectivity index (χ3n) is 0.639. The molecule has 0 saturated heterocycles. The van der Waals surface area contributed by atoms with Crippen LogP contribution in [0, 0.1) is 6.42 Å². The van der Waals surface area contributed by atoms with Gasteiger partial charge in [0.05, 0.1) is 12.5 Å². The van der Waals surface area contributed by atoms with E-state index in [0.29, 0.717) is 0 Å². The Morgan fingerprint density at radius 2 is 2.38 bits per heavy atom. The number of carbonyl (C=O) groups is 1. The standard InChI is InChI=1S/C5H10NO2/c1-4(7)3-5(8)6-2/h3-4,7H,1-2H3,(H,6,8). The molecule has 2 N–H and O–H groups in total. The third-order valence-corrected chi connectivity index (χ3v) is 0.639. The quantitative estimate of drug-likeness (QED) is 0.502. The molecule has 3 nitrogen and oxygen atoms in total.